The first kappa shape index (κ1) is 18.9. The maximum Gasteiger partial charge on any atom is 0.223 e. The standard InChI is InChI=1S/C18H26N2O5/c1-12(21)20-7-5-14(6-8-20)18(22)19-11-13-9-15(23-2)17(25-4)16(10-13)24-3/h9-10,14H,5-8,11H2,1-4H3,(H,19,22). The summed E-state index contributed by atoms with van der Waals surface area (Å²) in [6, 6.07) is 3.64. The molecule has 1 aliphatic heterocycles. The van der Waals surface area contributed by atoms with Gasteiger partial charge >= 0.3 is 0 Å². The highest BCUT2D eigenvalue weighted by molar-refractivity contribution is 5.79. The topological polar surface area (TPSA) is 77.1 Å². The Morgan fingerprint density at radius 2 is 1.64 bits per heavy atom. The number of ether oxygens (including phenoxy) is 3. The number of nitrogens with zero attached hydrogens (tertiary/aromatic N) is 1. The van der Waals surface area contributed by atoms with Crippen LogP contribution in [0, 0.1) is 5.92 Å². The zero-order valence-electron chi connectivity index (χ0n) is 15.3. The fourth-order valence-corrected chi connectivity index (χ4v) is 3.03. The molecule has 0 aromatic heterocycles. The number of hydrogen-bond acceptors (Lipinski definition) is 5. The summed E-state index contributed by atoms with van der Waals surface area (Å²) < 4.78 is 15.9. The molecule has 1 aliphatic rings. The van der Waals surface area contributed by atoms with E-state index in [9.17, 15) is 9.59 Å². The van der Waals surface area contributed by atoms with Crippen LogP contribution in [0.2, 0.25) is 0 Å². The van der Waals surface area contributed by atoms with Crippen molar-refractivity contribution < 1.29 is 23.8 Å². The number of benzene rings is 1. The Labute approximate surface area is 148 Å². The van der Waals surface area contributed by atoms with E-state index in [1.165, 1.54) is 0 Å². The third-order valence-electron chi connectivity index (χ3n) is 4.50. The summed E-state index contributed by atoms with van der Waals surface area (Å²) in [7, 11) is 4.67. The van der Waals surface area contributed by atoms with Crippen molar-refractivity contribution in [3.8, 4) is 17.2 Å². The SMILES string of the molecule is COc1cc(CNC(=O)C2CCN(C(C)=O)CC2)cc(OC)c1OC. The minimum Gasteiger partial charge on any atom is -0.493 e. The lowest BCUT2D eigenvalue weighted by molar-refractivity contribution is -0.134. The van der Waals surface area contributed by atoms with Crippen LogP contribution in [0.4, 0.5) is 0 Å². The molecule has 25 heavy (non-hydrogen) atoms. The van der Waals surface area contributed by atoms with Gasteiger partial charge in [-0.2, -0.15) is 0 Å². The molecule has 138 valence electrons. The number of carbonyl (C=O) groups excluding carboxylic acids is 2. The van der Waals surface area contributed by atoms with E-state index in [1.54, 1.807) is 33.2 Å². The van der Waals surface area contributed by atoms with E-state index in [0.717, 1.165) is 5.56 Å². The predicted octanol–water partition coefficient (Wildman–Crippen LogP) is 1.59. The fraction of sp³-hybridized carbons (Fsp3) is 0.556. The molecular weight excluding hydrogens is 324 g/mol. The summed E-state index contributed by atoms with van der Waals surface area (Å²) in [5.41, 5.74) is 0.865. The summed E-state index contributed by atoms with van der Waals surface area (Å²) in [6.45, 7) is 3.21. The molecule has 7 heteroatoms. The molecule has 0 bridgehead atoms. The fourth-order valence-electron chi connectivity index (χ4n) is 3.03. The van der Waals surface area contributed by atoms with Gasteiger partial charge in [0.25, 0.3) is 0 Å². The third kappa shape index (κ3) is 4.55. The van der Waals surface area contributed by atoms with E-state index in [-0.39, 0.29) is 17.7 Å². The van der Waals surface area contributed by atoms with Gasteiger partial charge in [-0.25, -0.2) is 0 Å². The highest BCUT2D eigenvalue weighted by Gasteiger charge is 2.26. The Balaban J connectivity index is 1.97. The molecule has 1 aromatic rings. The van der Waals surface area contributed by atoms with Gasteiger partial charge in [-0.05, 0) is 30.5 Å². The Bertz CT molecular complexity index is 599. The lowest BCUT2D eigenvalue weighted by Gasteiger charge is -2.30. The Morgan fingerprint density at radius 1 is 1.08 bits per heavy atom. The summed E-state index contributed by atoms with van der Waals surface area (Å²) in [5.74, 6) is 1.66. The largest absolute Gasteiger partial charge is 0.493 e. The first-order chi connectivity index (χ1) is 12.0. The Morgan fingerprint density at radius 3 is 2.08 bits per heavy atom. The zero-order valence-corrected chi connectivity index (χ0v) is 15.3. The normalized spacial score (nSPS) is 14.8. The second-order valence-corrected chi connectivity index (χ2v) is 6.03. The van der Waals surface area contributed by atoms with Gasteiger partial charge < -0.3 is 24.4 Å². The molecule has 0 atom stereocenters. The van der Waals surface area contributed by atoms with Crippen LogP contribution in [-0.4, -0.2) is 51.1 Å². The van der Waals surface area contributed by atoms with Gasteiger partial charge in [0.2, 0.25) is 17.6 Å². The molecule has 0 spiro atoms. The van der Waals surface area contributed by atoms with Crippen molar-refractivity contribution >= 4 is 11.8 Å². The van der Waals surface area contributed by atoms with Crippen LogP contribution < -0.4 is 19.5 Å². The smallest absolute Gasteiger partial charge is 0.223 e. The van der Waals surface area contributed by atoms with Crippen LogP contribution in [0.3, 0.4) is 0 Å². The van der Waals surface area contributed by atoms with Gasteiger partial charge in [-0.15, -0.1) is 0 Å². The summed E-state index contributed by atoms with van der Waals surface area (Å²) in [6.07, 6.45) is 1.39. The number of rotatable bonds is 6. The summed E-state index contributed by atoms with van der Waals surface area (Å²) in [5, 5.41) is 2.96. The highest BCUT2D eigenvalue weighted by Crippen LogP contribution is 2.38. The van der Waals surface area contributed by atoms with Crippen LogP contribution in [-0.2, 0) is 16.1 Å². The second kappa shape index (κ2) is 8.60. The third-order valence-corrected chi connectivity index (χ3v) is 4.50. The molecular formula is C18H26N2O5. The number of nitrogens with one attached hydrogen (secondary N) is 1. The van der Waals surface area contributed by atoms with Gasteiger partial charge in [0.1, 0.15) is 0 Å². The molecule has 0 saturated carbocycles. The van der Waals surface area contributed by atoms with Gasteiger partial charge in [-0.3, -0.25) is 9.59 Å². The van der Waals surface area contributed by atoms with Crippen LogP contribution in [0.15, 0.2) is 12.1 Å². The van der Waals surface area contributed by atoms with E-state index < -0.39 is 0 Å². The van der Waals surface area contributed by atoms with Gasteiger partial charge in [0, 0.05) is 32.5 Å². The van der Waals surface area contributed by atoms with E-state index >= 15 is 0 Å². The number of amides is 2. The number of likely N-dealkylation sites (tertiary alicyclic amines) is 1. The molecule has 7 nitrogen and oxygen atoms in total. The molecule has 1 fully saturated rings. The van der Waals surface area contributed by atoms with Crippen molar-refractivity contribution in [1.29, 1.82) is 0 Å². The molecule has 1 heterocycles. The molecule has 0 aliphatic carbocycles. The van der Waals surface area contributed by atoms with E-state index in [1.807, 2.05) is 12.1 Å². The van der Waals surface area contributed by atoms with Crippen molar-refractivity contribution in [3.05, 3.63) is 17.7 Å². The van der Waals surface area contributed by atoms with Crippen molar-refractivity contribution in [1.82, 2.24) is 10.2 Å². The number of piperidine rings is 1. The average Bonchev–Trinajstić information content (AvgIpc) is 2.64. The van der Waals surface area contributed by atoms with Crippen LogP contribution in [0.25, 0.3) is 0 Å². The maximum atomic E-state index is 12.4. The van der Waals surface area contributed by atoms with Crippen LogP contribution in [0.5, 0.6) is 17.2 Å². The van der Waals surface area contributed by atoms with E-state index in [4.69, 9.17) is 14.2 Å². The van der Waals surface area contributed by atoms with E-state index in [0.29, 0.717) is 49.7 Å². The number of methoxy groups -OCH3 is 3. The number of hydrogen-bond donors (Lipinski definition) is 1. The molecule has 1 aromatic carbocycles. The average molecular weight is 350 g/mol. The highest BCUT2D eigenvalue weighted by atomic mass is 16.5. The van der Waals surface area contributed by atoms with Crippen molar-refractivity contribution in [2.24, 2.45) is 5.92 Å². The summed E-state index contributed by atoms with van der Waals surface area (Å²) in [4.78, 5) is 25.5. The molecule has 1 N–H and O–H groups in total. The Hall–Kier alpha value is -2.44. The van der Waals surface area contributed by atoms with Crippen molar-refractivity contribution in [2.75, 3.05) is 34.4 Å². The molecule has 2 rings (SSSR count). The number of carbonyl (C=O) groups is 2. The molecule has 2 amide bonds. The lowest BCUT2D eigenvalue weighted by atomic mass is 9.96. The molecule has 0 radical (unpaired) electrons. The first-order valence-corrected chi connectivity index (χ1v) is 8.32. The minimum atomic E-state index is -0.0577. The van der Waals surface area contributed by atoms with Gasteiger partial charge in [-0.1, -0.05) is 0 Å². The predicted molar refractivity (Wildman–Crippen MR) is 92.9 cm³/mol. The molecule has 0 unspecified atom stereocenters. The van der Waals surface area contributed by atoms with Crippen LogP contribution >= 0.6 is 0 Å². The zero-order chi connectivity index (χ0) is 18.4. The monoisotopic (exact) mass is 350 g/mol. The quantitative estimate of drug-likeness (QED) is 0.843. The Kier molecular flexibility index (Phi) is 6.50. The maximum absolute atomic E-state index is 12.4. The first-order valence-electron chi connectivity index (χ1n) is 8.32. The second-order valence-electron chi connectivity index (χ2n) is 6.03. The van der Waals surface area contributed by atoms with Crippen molar-refractivity contribution in [2.45, 2.75) is 26.3 Å². The van der Waals surface area contributed by atoms with Crippen molar-refractivity contribution in [3.63, 3.8) is 0 Å². The molecule has 1 saturated heterocycles. The lowest BCUT2D eigenvalue weighted by Crippen LogP contribution is -2.42. The minimum absolute atomic E-state index is 0.0111. The van der Waals surface area contributed by atoms with E-state index in [2.05, 4.69) is 5.32 Å². The van der Waals surface area contributed by atoms with Crippen LogP contribution in [0.1, 0.15) is 25.3 Å². The summed E-state index contributed by atoms with van der Waals surface area (Å²) >= 11 is 0. The van der Waals surface area contributed by atoms with Gasteiger partial charge in [0.15, 0.2) is 11.5 Å². The van der Waals surface area contributed by atoms with Gasteiger partial charge in [0.05, 0.1) is 21.3 Å².